The lowest BCUT2D eigenvalue weighted by atomic mass is 10.1. The summed E-state index contributed by atoms with van der Waals surface area (Å²) in [7, 11) is 0. The van der Waals surface area contributed by atoms with E-state index in [9.17, 15) is 9.59 Å². The minimum atomic E-state index is -0.546. The third-order valence-electron chi connectivity index (χ3n) is 4.18. The number of carbonyl (C=O) groups excluding carboxylic acids is 2. The van der Waals surface area contributed by atoms with Crippen molar-refractivity contribution in [3.63, 3.8) is 0 Å². The Balaban J connectivity index is 2.01. The summed E-state index contributed by atoms with van der Waals surface area (Å²) in [5.74, 6) is -0.437. The number of nitrogens with one attached hydrogen (secondary N) is 1. The van der Waals surface area contributed by atoms with Crippen molar-refractivity contribution >= 4 is 88.7 Å². The van der Waals surface area contributed by atoms with Crippen LogP contribution in [0.3, 0.4) is 0 Å². The van der Waals surface area contributed by atoms with Gasteiger partial charge in [-0.15, -0.1) is 0 Å². The van der Waals surface area contributed by atoms with Crippen LogP contribution in [0, 0.1) is 6.92 Å². The number of ether oxygens (including phenoxy) is 1. The molecule has 3 rings (SSSR count). The van der Waals surface area contributed by atoms with Crippen LogP contribution in [0.15, 0.2) is 62.0 Å². The number of hydrogen-bond acceptors (Lipinski definition) is 4. The molecule has 154 valence electrons. The summed E-state index contributed by atoms with van der Waals surface area (Å²) >= 11 is 15.6. The highest BCUT2D eigenvalue weighted by molar-refractivity contribution is 9.11. The molecule has 0 aliphatic carbocycles. The first kappa shape index (κ1) is 22.9. The summed E-state index contributed by atoms with van der Waals surface area (Å²) in [5, 5.41) is 2.64. The number of aryl methyl sites for hydroxylation is 1. The molecule has 5 nitrogen and oxygen atoms in total. The lowest BCUT2D eigenvalue weighted by molar-refractivity contribution is -0.122. The summed E-state index contributed by atoms with van der Waals surface area (Å²) in [4.78, 5) is 27.1. The van der Waals surface area contributed by atoms with E-state index < -0.39 is 11.8 Å². The van der Waals surface area contributed by atoms with Crippen molar-refractivity contribution < 1.29 is 14.3 Å². The Hall–Kier alpha value is -1.81. The molecule has 2 aromatic rings. The largest absolute Gasteiger partial charge is 0.487 e. The first-order chi connectivity index (χ1) is 14.2. The molecule has 1 heterocycles. The molecule has 1 saturated heterocycles. The lowest BCUT2D eigenvalue weighted by Gasteiger charge is -2.30. The standard InChI is InChI=1S/C21H15Br3N2O3S/c1-3-6-29-18-15(23)9-12(10-16(18)24)8-14-19(27)25-21(30)26(20(14)28)17-5-4-13(22)7-11(17)2/h3-5,7-10H,1,6H2,2H3,(H,25,27,30)/b14-8-. The van der Waals surface area contributed by atoms with Crippen LogP contribution in [0.1, 0.15) is 11.1 Å². The smallest absolute Gasteiger partial charge is 0.270 e. The van der Waals surface area contributed by atoms with Crippen molar-refractivity contribution in [3.05, 3.63) is 73.1 Å². The molecule has 1 aliphatic rings. The van der Waals surface area contributed by atoms with Crippen molar-refractivity contribution in [2.24, 2.45) is 0 Å². The maximum Gasteiger partial charge on any atom is 0.270 e. The van der Waals surface area contributed by atoms with Gasteiger partial charge in [-0.1, -0.05) is 28.6 Å². The van der Waals surface area contributed by atoms with E-state index in [4.69, 9.17) is 17.0 Å². The molecule has 0 bridgehead atoms. The fraction of sp³-hybridized carbons (Fsp3) is 0.0952. The average molecular weight is 615 g/mol. The van der Waals surface area contributed by atoms with E-state index in [0.717, 1.165) is 10.0 Å². The van der Waals surface area contributed by atoms with Crippen LogP contribution >= 0.6 is 60.0 Å². The summed E-state index contributed by atoms with van der Waals surface area (Å²) in [5.41, 5.74) is 2.06. The number of thiocarbonyl (C=S) groups is 1. The second kappa shape index (κ2) is 9.55. The van der Waals surface area contributed by atoms with Gasteiger partial charge in [0.1, 0.15) is 17.9 Å². The average Bonchev–Trinajstić information content (AvgIpc) is 2.66. The zero-order valence-corrected chi connectivity index (χ0v) is 21.2. The zero-order valence-electron chi connectivity index (χ0n) is 15.7. The van der Waals surface area contributed by atoms with Crippen molar-refractivity contribution in [3.8, 4) is 5.75 Å². The zero-order chi connectivity index (χ0) is 22.0. The van der Waals surface area contributed by atoms with E-state index in [2.05, 4.69) is 59.7 Å². The van der Waals surface area contributed by atoms with Crippen LogP contribution in [-0.2, 0) is 9.59 Å². The maximum absolute atomic E-state index is 13.2. The molecular weight excluding hydrogens is 600 g/mol. The Bertz CT molecular complexity index is 1090. The van der Waals surface area contributed by atoms with E-state index >= 15 is 0 Å². The van der Waals surface area contributed by atoms with Crippen LogP contribution < -0.4 is 15.0 Å². The first-order valence-electron chi connectivity index (χ1n) is 8.63. The van der Waals surface area contributed by atoms with Crippen molar-refractivity contribution in [2.45, 2.75) is 6.92 Å². The number of rotatable bonds is 5. The van der Waals surface area contributed by atoms with E-state index in [1.165, 1.54) is 11.0 Å². The molecule has 0 saturated carbocycles. The Kier molecular flexibility index (Phi) is 7.28. The number of nitrogens with zero attached hydrogens (tertiary/aromatic N) is 1. The highest BCUT2D eigenvalue weighted by atomic mass is 79.9. The SMILES string of the molecule is C=CCOc1c(Br)cc(/C=C2/C(=O)NC(=S)N(c3ccc(Br)cc3C)C2=O)cc1Br. The van der Waals surface area contributed by atoms with Gasteiger partial charge in [-0.05, 0) is 98.5 Å². The maximum atomic E-state index is 13.2. The van der Waals surface area contributed by atoms with Crippen LogP contribution in [0.2, 0.25) is 0 Å². The van der Waals surface area contributed by atoms with Gasteiger partial charge in [0.15, 0.2) is 5.11 Å². The number of amides is 2. The van der Waals surface area contributed by atoms with Crippen molar-refractivity contribution in [1.29, 1.82) is 0 Å². The van der Waals surface area contributed by atoms with E-state index in [-0.39, 0.29) is 10.7 Å². The van der Waals surface area contributed by atoms with Gasteiger partial charge in [-0.3, -0.25) is 19.8 Å². The third-order valence-corrected chi connectivity index (χ3v) is 6.13. The summed E-state index contributed by atoms with van der Waals surface area (Å²) in [6, 6.07) is 8.99. The van der Waals surface area contributed by atoms with Gasteiger partial charge < -0.3 is 4.74 Å². The number of hydrogen-bond donors (Lipinski definition) is 1. The summed E-state index contributed by atoms with van der Waals surface area (Å²) < 4.78 is 7.83. The molecule has 0 radical (unpaired) electrons. The second-order valence-electron chi connectivity index (χ2n) is 6.30. The minimum Gasteiger partial charge on any atom is -0.487 e. The van der Waals surface area contributed by atoms with Gasteiger partial charge in [0.2, 0.25) is 0 Å². The topological polar surface area (TPSA) is 58.6 Å². The Labute approximate surface area is 204 Å². The van der Waals surface area contributed by atoms with Gasteiger partial charge in [0, 0.05) is 4.47 Å². The number of benzene rings is 2. The molecule has 9 heteroatoms. The fourth-order valence-electron chi connectivity index (χ4n) is 2.86. The quantitative estimate of drug-likeness (QED) is 0.204. The molecule has 30 heavy (non-hydrogen) atoms. The fourth-order valence-corrected chi connectivity index (χ4v) is 5.06. The highest BCUT2D eigenvalue weighted by Gasteiger charge is 2.35. The van der Waals surface area contributed by atoms with Gasteiger partial charge in [0.05, 0.1) is 14.6 Å². The van der Waals surface area contributed by atoms with Crippen LogP contribution in [0.5, 0.6) is 5.75 Å². The number of anilines is 1. The molecule has 0 unspecified atom stereocenters. The summed E-state index contributed by atoms with van der Waals surface area (Å²) in [6.45, 7) is 5.84. The molecule has 1 N–H and O–H groups in total. The molecule has 1 fully saturated rings. The third kappa shape index (κ3) is 4.74. The molecule has 0 spiro atoms. The molecular formula is C21H15Br3N2O3S. The second-order valence-corrected chi connectivity index (χ2v) is 9.31. The predicted octanol–water partition coefficient (Wildman–Crippen LogP) is 5.68. The molecule has 2 aromatic carbocycles. The number of carbonyl (C=O) groups is 2. The van der Waals surface area contributed by atoms with E-state index in [0.29, 0.717) is 32.6 Å². The van der Waals surface area contributed by atoms with Crippen LogP contribution in [0.25, 0.3) is 6.08 Å². The van der Waals surface area contributed by atoms with Gasteiger partial charge >= 0.3 is 0 Å². The van der Waals surface area contributed by atoms with Crippen molar-refractivity contribution in [1.82, 2.24) is 5.32 Å². The number of halogens is 3. The molecule has 0 atom stereocenters. The van der Waals surface area contributed by atoms with E-state index in [1.54, 1.807) is 24.3 Å². The first-order valence-corrected chi connectivity index (χ1v) is 11.4. The predicted molar refractivity (Wildman–Crippen MR) is 133 cm³/mol. The van der Waals surface area contributed by atoms with Gasteiger partial charge in [-0.2, -0.15) is 0 Å². The summed E-state index contributed by atoms with van der Waals surface area (Å²) in [6.07, 6.45) is 3.16. The highest BCUT2D eigenvalue weighted by Crippen LogP contribution is 2.36. The molecule has 2 amide bonds. The Morgan fingerprint density at radius 3 is 2.43 bits per heavy atom. The Morgan fingerprint density at radius 2 is 1.83 bits per heavy atom. The molecule has 0 aromatic heterocycles. The van der Waals surface area contributed by atoms with Crippen LogP contribution in [-0.4, -0.2) is 23.5 Å². The normalized spacial score (nSPS) is 15.4. The van der Waals surface area contributed by atoms with Gasteiger partial charge in [0.25, 0.3) is 11.8 Å². The minimum absolute atomic E-state index is 0.0236. The van der Waals surface area contributed by atoms with E-state index in [1.807, 2.05) is 19.1 Å². The lowest BCUT2D eigenvalue weighted by Crippen LogP contribution is -2.54. The van der Waals surface area contributed by atoms with Gasteiger partial charge in [-0.25, -0.2) is 0 Å². The van der Waals surface area contributed by atoms with Crippen LogP contribution in [0.4, 0.5) is 5.69 Å². The molecule has 1 aliphatic heterocycles. The monoisotopic (exact) mass is 612 g/mol. The Morgan fingerprint density at radius 1 is 1.17 bits per heavy atom. The van der Waals surface area contributed by atoms with Crippen molar-refractivity contribution in [2.75, 3.05) is 11.5 Å².